The summed E-state index contributed by atoms with van der Waals surface area (Å²) in [4.78, 5) is 12.5. The lowest BCUT2D eigenvalue weighted by atomic mass is 10.3. The Bertz CT molecular complexity index is 888. The number of carbonyl (C=O) groups excluding carboxylic acids is 1. The number of nitrogens with one attached hydrogen (secondary N) is 1. The molecule has 25 heavy (non-hydrogen) atoms. The first kappa shape index (κ1) is 16.9. The number of nitrogens with zero attached hydrogens (tertiary/aromatic N) is 6. The summed E-state index contributed by atoms with van der Waals surface area (Å²) in [5.41, 5.74) is 1.91. The van der Waals surface area contributed by atoms with Gasteiger partial charge in [0.25, 0.3) is 11.8 Å². The van der Waals surface area contributed by atoms with Gasteiger partial charge in [0.15, 0.2) is 0 Å². The van der Waals surface area contributed by atoms with Crippen LogP contribution in [-0.2, 0) is 0 Å². The van der Waals surface area contributed by atoms with E-state index in [-0.39, 0.29) is 24.0 Å². The predicted octanol–water partition coefficient (Wildman–Crippen LogP) is 2.85. The van der Waals surface area contributed by atoms with Crippen LogP contribution >= 0.6 is 0 Å². The number of hydrogen-bond donors (Lipinski definition) is 1. The summed E-state index contributed by atoms with van der Waals surface area (Å²) in [6.45, 7) is 9.77. The highest BCUT2D eigenvalue weighted by molar-refractivity contribution is 6.02. The molecule has 132 valence electrons. The van der Waals surface area contributed by atoms with Gasteiger partial charge in [0.1, 0.15) is 11.4 Å². The molecule has 0 saturated carbocycles. The molecule has 0 atom stereocenters. The zero-order valence-electron chi connectivity index (χ0n) is 14.9. The molecular formula is C16H21N7O2. The molecule has 9 nitrogen and oxygen atoms in total. The van der Waals surface area contributed by atoms with E-state index in [0.29, 0.717) is 17.3 Å². The van der Waals surface area contributed by atoms with Gasteiger partial charge in [-0.05, 0) is 46.8 Å². The van der Waals surface area contributed by atoms with Crippen LogP contribution in [0.25, 0.3) is 11.6 Å². The summed E-state index contributed by atoms with van der Waals surface area (Å²) in [7, 11) is 0. The molecule has 0 spiro atoms. The Balaban J connectivity index is 1.82. The zero-order valence-corrected chi connectivity index (χ0v) is 14.9. The van der Waals surface area contributed by atoms with Gasteiger partial charge in [0, 0.05) is 18.3 Å². The minimum Gasteiger partial charge on any atom is -0.401 e. The van der Waals surface area contributed by atoms with E-state index < -0.39 is 0 Å². The molecule has 3 aromatic heterocycles. The van der Waals surface area contributed by atoms with Crippen molar-refractivity contribution in [2.75, 3.05) is 5.32 Å². The maximum absolute atomic E-state index is 12.5. The molecule has 0 unspecified atom stereocenters. The third-order valence-electron chi connectivity index (χ3n) is 3.60. The van der Waals surface area contributed by atoms with E-state index in [9.17, 15) is 4.79 Å². The van der Waals surface area contributed by atoms with Crippen LogP contribution in [0.2, 0.25) is 0 Å². The average molecular weight is 343 g/mol. The monoisotopic (exact) mass is 343 g/mol. The minimum absolute atomic E-state index is 0.0330. The molecule has 0 radical (unpaired) electrons. The van der Waals surface area contributed by atoms with Crippen LogP contribution in [-0.4, -0.2) is 35.7 Å². The number of carbonyl (C=O) groups is 1. The fourth-order valence-electron chi connectivity index (χ4n) is 2.51. The topological polar surface area (TPSA) is 104 Å². The minimum atomic E-state index is -0.345. The average Bonchev–Trinajstić information content (AvgIpc) is 3.24. The second-order valence-electron chi connectivity index (χ2n) is 6.33. The van der Waals surface area contributed by atoms with E-state index in [1.165, 1.54) is 0 Å². The molecule has 0 aromatic carbocycles. The highest BCUT2D eigenvalue weighted by atomic mass is 16.4. The highest BCUT2D eigenvalue weighted by Crippen LogP contribution is 2.22. The van der Waals surface area contributed by atoms with E-state index in [4.69, 9.17) is 4.42 Å². The van der Waals surface area contributed by atoms with Gasteiger partial charge in [0.2, 0.25) is 0 Å². The van der Waals surface area contributed by atoms with Gasteiger partial charge in [-0.2, -0.15) is 10.2 Å². The van der Waals surface area contributed by atoms with E-state index in [1.807, 2.05) is 34.6 Å². The summed E-state index contributed by atoms with van der Waals surface area (Å²) in [5.74, 6) is -0.0445. The molecule has 0 bridgehead atoms. The molecule has 3 heterocycles. The van der Waals surface area contributed by atoms with Gasteiger partial charge < -0.3 is 4.42 Å². The Morgan fingerprint density at radius 3 is 2.56 bits per heavy atom. The summed E-state index contributed by atoms with van der Waals surface area (Å²) in [6, 6.07) is 3.76. The Hall–Kier alpha value is -2.97. The van der Waals surface area contributed by atoms with Crippen molar-refractivity contribution in [2.45, 2.75) is 46.7 Å². The molecule has 3 rings (SSSR count). The van der Waals surface area contributed by atoms with Crippen molar-refractivity contribution >= 4 is 11.9 Å². The van der Waals surface area contributed by atoms with Gasteiger partial charge >= 0.3 is 6.01 Å². The van der Waals surface area contributed by atoms with Crippen molar-refractivity contribution in [2.24, 2.45) is 0 Å². The van der Waals surface area contributed by atoms with Gasteiger partial charge in [-0.1, -0.05) is 5.10 Å². The second-order valence-corrected chi connectivity index (χ2v) is 6.33. The molecule has 0 aliphatic carbocycles. The second kappa shape index (κ2) is 6.50. The number of aromatic nitrogens is 6. The Labute approximate surface area is 145 Å². The van der Waals surface area contributed by atoms with E-state index in [0.717, 1.165) is 5.69 Å². The first-order valence-corrected chi connectivity index (χ1v) is 8.11. The standard InChI is InChI=1S/C16H21N7O2/c1-9(2)22-12(6-7-17-22)15-19-20-16(25-15)18-14(24)13-8-11(5)21-23(13)10(3)4/h6-10H,1-5H3,(H,18,20,24). The molecule has 0 fully saturated rings. The van der Waals surface area contributed by atoms with Gasteiger partial charge in [0.05, 0.1) is 5.69 Å². The van der Waals surface area contributed by atoms with Crippen molar-refractivity contribution in [3.05, 3.63) is 29.7 Å². The van der Waals surface area contributed by atoms with Crippen LogP contribution in [0.15, 0.2) is 22.7 Å². The number of rotatable bonds is 5. The van der Waals surface area contributed by atoms with Crippen molar-refractivity contribution < 1.29 is 9.21 Å². The van der Waals surface area contributed by atoms with E-state index in [2.05, 4.69) is 25.7 Å². The quantitative estimate of drug-likeness (QED) is 0.764. The molecule has 1 N–H and O–H groups in total. The number of aryl methyl sites for hydroxylation is 1. The lowest BCUT2D eigenvalue weighted by Crippen LogP contribution is -2.19. The van der Waals surface area contributed by atoms with Crippen LogP contribution < -0.4 is 5.32 Å². The van der Waals surface area contributed by atoms with E-state index in [1.54, 1.807) is 27.7 Å². The van der Waals surface area contributed by atoms with Crippen LogP contribution in [0, 0.1) is 6.92 Å². The molecule has 1 amide bonds. The fourth-order valence-corrected chi connectivity index (χ4v) is 2.51. The molecular weight excluding hydrogens is 322 g/mol. The first-order chi connectivity index (χ1) is 11.9. The Kier molecular flexibility index (Phi) is 4.39. The van der Waals surface area contributed by atoms with Crippen molar-refractivity contribution in [1.29, 1.82) is 0 Å². The normalized spacial score (nSPS) is 11.5. The van der Waals surface area contributed by atoms with Crippen LogP contribution in [0.1, 0.15) is 56.0 Å². The largest absolute Gasteiger partial charge is 0.401 e. The smallest absolute Gasteiger partial charge is 0.322 e. The van der Waals surface area contributed by atoms with Gasteiger partial charge in [-0.15, -0.1) is 5.10 Å². The Morgan fingerprint density at radius 1 is 1.16 bits per heavy atom. The molecule has 0 saturated heterocycles. The summed E-state index contributed by atoms with van der Waals surface area (Å²) < 4.78 is 9.01. The van der Waals surface area contributed by atoms with Crippen LogP contribution in [0.3, 0.4) is 0 Å². The summed E-state index contributed by atoms with van der Waals surface area (Å²) >= 11 is 0. The molecule has 0 aliphatic rings. The summed E-state index contributed by atoms with van der Waals surface area (Å²) in [6.07, 6.45) is 1.67. The van der Waals surface area contributed by atoms with Gasteiger partial charge in [-0.3, -0.25) is 19.5 Å². The third-order valence-corrected chi connectivity index (χ3v) is 3.60. The summed E-state index contributed by atoms with van der Waals surface area (Å²) in [5, 5.41) is 19.1. The predicted molar refractivity (Wildman–Crippen MR) is 91.2 cm³/mol. The molecule has 0 aliphatic heterocycles. The van der Waals surface area contributed by atoms with Crippen molar-refractivity contribution in [1.82, 2.24) is 29.8 Å². The number of anilines is 1. The molecule has 3 aromatic rings. The number of amides is 1. The maximum Gasteiger partial charge on any atom is 0.322 e. The SMILES string of the molecule is Cc1cc(C(=O)Nc2nnc(-c3ccnn3C(C)C)o2)n(C(C)C)n1. The van der Waals surface area contributed by atoms with Crippen molar-refractivity contribution in [3.8, 4) is 11.6 Å². The van der Waals surface area contributed by atoms with Crippen LogP contribution in [0.4, 0.5) is 6.01 Å². The highest BCUT2D eigenvalue weighted by Gasteiger charge is 2.20. The molecule has 9 heteroatoms. The maximum atomic E-state index is 12.5. The number of hydrogen-bond acceptors (Lipinski definition) is 6. The first-order valence-electron chi connectivity index (χ1n) is 8.11. The Morgan fingerprint density at radius 2 is 1.88 bits per heavy atom. The lowest BCUT2D eigenvalue weighted by molar-refractivity contribution is 0.101. The lowest BCUT2D eigenvalue weighted by Gasteiger charge is -2.09. The van der Waals surface area contributed by atoms with Crippen molar-refractivity contribution in [3.63, 3.8) is 0 Å². The fraction of sp³-hybridized carbons (Fsp3) is 0.438. The van der Waals surface area contributed by atoms with Crippen LogP contribution in [0.5, 0.6) is 0 Å². The third kappa shape index (κ3) is 3.30. The van der Waals surface area contributed by atoms with E-state index >= 15 is 0 Å². The van der Waals surface area contributed by atoms with Gasteiger partial charge in [-0.25, -0.2) is 0 Å². The zero-order chi connectivity index (χ0) is 18.1.